The smallest absolute Gasteiger partial charge is 0.475 e. The van der Waals surface area contributed by atoms with Crippen LogP contribution in [0.25, 0.3) is 0 Å². The first kappa shape index (κ1) is 21.6. The first-order valence-corrected chi connectivity index (χ1v) is 9.70. The van der Waals surface area contributed by atoms with Gasteiger partial charge in [-0.15, -0.1) is 0 Å². The van der Waals surface area contributed by atoms with Crippen LogP contribution in [0.3, 0.4) is 0 Å². The highest BCUT2D eigenvalue weighted by Gasteiger charge is 2.42. The summed E-state index contributed by atoms with van der Waals surface area (Å²) in [7, 11) is 0. The van der Waals surface area contributed by atoms with Gasteiger partial charge in [-0.1, -0.05) is 0 Å². The van der Waals surface area contributed by atoms with E-state index in [2.05, 4.69) is 10.2 Å². The molecule has 0 aromatic carbocycles. The van der Waals surface area contributed by atoms with Crippen molar-refractivity contribution in [1.29, 1.82) is 0 Å². The van der Waals surface area contributed by atoms with E-state index in [1.807, 2.05) is 12.1 Å². The number of hydrogen-bond acceptors (Lipinski definition) is 5. The second kappa shape index (κ2) is 9.17. The van der Waals surface area contributed by atoms with Crippen molar-refractivity contribution >= 4 is 11.9 Å². The molecule has 2 aliphatic heterocycles. The molecule has 29 heavy (non-hydrogen) atoms. The highest BCUT2D eigenvalue weighted by atomic mass is 19.4. The summed E-state index contributed by atoms with van der Waals surface area (Å²) in [4.78, 5) is 23.7. The fourth-order valence-electron chi connectivity index (χ4n) is 3.74. The van der Waals surface area contributed by atoms with Crippen molar-refractivity contribution in [1.82, 2.24) is 10.2 Å². The van der Waals surface area contributed by atoms with Gasteiger partial charge >= 0.3 is 12.1 Å². The Morgan fingerprint density at radius 1 is 1.28 bits per heavy atom. The molecule has 1 amide bonds. The quantitative estimate of drug-likeness (QED) is 0.763. The van der Waals surface area contributed by atoms with Crippen molar-refractivity contribution in [3.05, 3.63) is 24.2 Å². The largest absolute Gasteiger partial charge is 0.490 e. The summed E-state index contributed by atoms with van der Waals surface area (Å²) in [5.74, 6) is -0.835. The molecule has 1 aliphatic carbocycles. The van der Waals surface area contributed by atoms with Crippen LogP contribution in [0.5, 0.6) is 0 Å². The van der Waals surface area contributed by atoms with Crippen LogP contribution in [-0.4, -0.2) is 59.9 Å². The molecule has 0 bridgehead atoms. The van der Waals surface area contributed by atoms with Crippen LogP contribution in [-0.2, 0) is 20.9 Å². The van der Waals surface area contributed by atoms with Crippen molar-refractivity contribution in [3.63, 3.8) is 0 Å². The molecule has 1 aromatic heterocycles. The Bertz CT molecular complexity index is 691. The molecule has 3 heterocycles. The van der Waals surface area contributed by atoms with Crippen molar-refractivity contribution in [2.24, 2.45) is 11.8 Å². The number of furan rings is 1. The number of nitrogens with one attached hydrogen (secondary N) is 1. The normalized spacial score (nSPS) is 26.9. The third-order valence-electron chi connectivity index (χ3n) is 5.43. The summed E-state index contributed by atoms with van der Waals surface area (Å²) >= 11 is 0. The number of carboxylic acids is 1. The van der Waals surface area contributed by atoms with Gasteiger partial charge < -0.3 is 19.6 Å². The lowest BCUT2D eigenvalue weighted by Gasteiger charge is -2.39. The Morgan fingerprint density at radius 3 is 2.59 bits per heavy atom. The molecule has 3 fully saturated rings. The Labute approximate surface area is 166 Å². The number of amides is 1. The average Bonchev–Trinajstić information content (AvgIpc) is 3.13. The van der Waals surface area contributed by atoms with Crippen LogP contribution in [0.15, 0.2) is 22.8 Å². The number of carbonyl (C=O) groups is 2. The van der Waals surface area contributed by atoms with Crippen molar-refractivity contribution < 1.29 is 37.0 Å². The molecular weight excluding hydrogens is 393 g/mol. The number of nitrogens with zero attached hydrogens (tertiary/aromatic N) is 1. The molecule has 0 radical (unpaired) electrons. The van der Waals surface area contributed by atoms with E-state index in [0.717, 1.165) is 50.8 Å². The zero-order chi connectivity index (χ0) is 21.0. The van der Waals surface area contributed by atoms with Crippen molar-refractivity contribution in [2.75, 3.05) is 19.7 Å². The summed E-state index contributed by atoms with van der Waals surface area (Å²) in [6, 6.07) is 4.35. The zero-order valence-corrected chi connectivity index (χ0v) is 15.9. The van der Waals surface area contributed by atoms with Gasteiger partial charge in [0, 0.05) is 25.7 Å². The molecule has 1 aromatic rings. The van der Waals surface area contributed by atoms with Gasteiger partial charge in [-0.25, -0.2) is 4.79 Å². The predicted octanol–water partition coefficient (Wildman–Crippen LogP) is 2.42. The Hall–Kier alpha value is -2.07. The van der Waals surface area contributed by atoms with Gasteiger partial charge in [-0.2, -0.15) is 13.2 Å². The number of carboxylic acid groups (broad SMARTS) is 1. The topological polar surface area (TPSA) is 92.0 Å². The number of aliphatic carboxylic acids is 1. The number of rotatable bonds is 5. The minimum absolute atomic E-state index is 0.0352. The third-order valence-corrected chi connectivity index (χ3v) is 5.43. The van der Waals surface area contributed by atoms with Gasteiger partial charge in [0.1, 0.15) is 5.76 Å². The molecule has 7 nitrogen and oxygen atoms in total. The number of piperidine rings is 1. The highest BCUT2D eigenvalue weighted by Crippen LogP contribution is 2.33. The first-order valence-electron chi connectivity index (χ1n) is 9.70. The standard InChI is InChI=1S/C17H24N2O3.C2HF3O2/c20-17(18-9-12-3-4-12)13-8-16-15(5-7-22-16)19(10-13)11-14-2-1-6-21-14;3-2(4,5)1(6)7/h1-2,6,12-13,15-16H,3-5,7-11H2,(H,18,20);(H,6,7)/t13-,15+,16+;/m0./s1. The lowest BCUT2D eigenvalue weighted by atomic mass is 9.89. The fraction of sp³-hybridized carbons (Fsp3) is 0.684. The zero-order valence-electron chi connectivity index (χ0n) is 15.9. The third kappa shape index (κ3) is 6.20. The van der Waals surface area contributed by atoms with E-state index in [4.69, 9.17) is 19.1 Å². The van der Waals surface area contributed by atoms with E-state index in [-0.39, 0.29) is 17.9 Å². The summed E-state index contributed by atoms with van der Waals surface area (Å²) in [6.45, 7) is 3.23. The number of ether oxygens (including phenoxy) is 1. The van der Waals surface area contributed by atoms with Gasteiger partial charge in [-0.05, 0) is 43.7 Å². The van der Waals surface area contributed by atoms with Crippen LogP contribution in [0.2, 0.25) is 0 Å². The average molecular weight is 418 g/mol. The fourth-order valence-corrected chi connectivity index (χ4v) is 3.74. The van der Waals surface area contributed by atoms with Gasteiger partial charge in [0.2, 0.25) is 5.91 Å². The second-order valence-corrected chi connectivity index (χ2v) is 7.70. The van der Waals surface area contributed by atoms with Gasteiger partial charge in [0.25, 0.3) is 0 Å². The Morgan fingerprint density at radius 2 is 2.00 bits per heavy atom. The summed E-state index contributed by atoms with van der Waals surface area (Å²) in [5, 5.41) is 10.3. The van der Waals surface area contributed by atoms with Gasteiger partial charge in [0.05, 0.1) is 24.8 Å². The van der Waals surface area contributed by atoms with Crippen LogP contribution >= 0.6 is 0 Å². The molecule has 2 saturated heterocycles. The van der Waals surface area contributed by atoms with Crippen LogP contribution in [0.4, 0.5) is 13.2 Å². The van der Waals surface area contributed by atoms with E-state index in [1.54, 1.807) is 6.26 Å². The van der Waals surface area contributed by atoms with Crippen molar-refractivity contribution in [2.45, 2.75) is 50.6 Å². The van der Waals surface area contributed by atoms with E-state index < -0.39 is 12.1 Å². The maximum absolute atomic E-state index is 12.5. The lowest BCUT2D eigenvalue weighted by Crippen LogP contribution is -2.52. The summed E-state index contributed by atoms with van der Waals surface area (Å²) in [6.07, 6.45) is 1.27. The Kier molecular flexibility index (Phi) is 6.84. The number of hydrogen-bond donors (Lipinski definition) is 2. The van der Waals surface area contributed by atoms with E-state index in [1.165, 1.54) is 12.8 Å². The molecule has 3 aliphatic rings. The lowest BCUT2D eigenvalue weighted by molar-refractivity contribution is -0.192. The molecule has 1 saturated carbocycles. The second-order valence-electron chi connectivity index (χ2n) is 7.70. The molecule has 0 spiro atoms. The van der Waals surface area contributed by atoms with Crippen molar-refractivity contribution in [3.8, 4) is 0 Å². The van der Waals surface area contributed by atoms with E-state index >= 15 is 0 Å². The first-order chi connectivity index (χ1) is 13.7. The van der Waals surface area contributed by atoms with E-state index in [0.29, 0.717) is 6.04 Å². The SMILES string of the molecule is O=C(NCC1CC1)[C@H]1C[C@H]2OCC[C@H]2N(Cc2ccco2)C1.O=C(O)C(F)(F)F. The monoisotopic (exact) mass is 418 g/mol. The number of halogens is 3. The molecular formula is C19H25F3N2O5. The summed E-state index contributed by atoms with van der Waals surface area (Å²) < 4.78 is 43.1. The molecule has 162 valence electrons. The molecule has 10 heteroatoms. The maximum atomic E-state index is 12.5. The number of likely N-dealkylation sites (tertiary alicyclic amines) is 1. The van der Waals surface area contributed by atoms with Gasteiger partial charge in [-0.3, -0.25) is 9.69 Å². The number of carbonyl (C=O) groups excluding carboxylic acids is 1. The molecule has 0 unspecified atom stereocenters. The molecule has 4 rings (SSSR count). The minimum atomic E-state index is -5.08. The number of alkyl halides is 3. The minimum Gasteiger partial charge on any atom is -0.475 e. The highest BCUT2D eigenvalue weighted by molar-refractivity contribution is 5.79. The maximum Gasteiger partial charge on any atom is 0.490 e. The molecule has 2 N–H and O–H groups in total. The van der Waals surface area contributed by atoms with E-state index in [9.17, 15) is 18.0 Å². The van der Waals surface area contributed by atoms with Crippen LogP contribution in [0.1, 0.15) is 31.4 Å². The predicted molar refractivity (Wildman–Crippen MR) is 94.8 cm³/mol. The van der Waals surface area contributed by atoms with Gasteiger partial charge in [0.15, 0.2) is 0 Å². The Balaban J connectivity index is 0.000000298. The number of fused-ring (bicyclic) bond motifs is 1. The van der Waals surface area contributed by atoms with Crippen LogP contribution in [0, 0.1) is 11.8 Å². The summed E-state index contributed by atoms with van der Waals surface area (Å²) in [5.41, 5.74) is 0. The molecule has 3 atom stereocenters. The van der Waals surface area contributed by atoms with Crippen LogP contribution < -0.4 is 5.32 Å².